The van der Waals surface area contributed by atoms with Crippen LogP contribution in [-0.2, 0) is 0 Å². The van der Waals surface area contributed by atoms with E-state index in [1.807, 2.05) is 12.3 Å². The number of pyridine rings is 1. The molecule has 0 spiro atoms. The average molecular weight is 554 g/mol. The maximum atomic E-state index is 5.38. The number of benzene rings is 6. The van der Waals surface area contributed by atoms with Gasteiger partial charge in [0.1, 0.15) is 10.7 Å². The number of hydrogen-bond acceptors (Lipinski definition) is 3. The van der Waals surface area contributed by atoms with E-state index in [9.17, 15) is 0 Å². The Morgan fingerprint density at radius 2 is 1.19 bits per heavy atom. The number of rotatable bonds is 3. The maximum Gasteiger partial charge on any atom is 0.145 e. The van der Waals surface area contributed by atoms with Crippen molar-refractivity contribution < 1.29 is 0 Å². The Bertz CT molecular complexity index is 2470. The van der Waals surface area contributed by atoms with Gasteiger partial charge in [0.2, 0.25) is 0 Å². The molecule has 9 rings (SSSR count). The number of thiophene rings is 1. The predicted octanol–water partition coefficient (Wildman–Crippen LogP) is 10.4. The van der Waals surface area contributed by atoms with Crippen LogP contribution in [0.3, 0.4) is 0 Å². The molecule has 0 unspecified atom stereocenters. The van der Waals surface area contributed by atoms with Crippen molar-refractivity contribution in [2.75, 3.05) is 0 Å². The smallest absolute Gasteiger partial charge is 0.145 e. The molecule has 0 radical (unpaired) electrons. The molecular formula is C38H23N3S. The molecule has 0 fully saturated rings. The van der Waals surface area contributed by atoms with Gasteiger partial charge < -0.3 is 0 Å². The minimum absolute atomic E-state index is 0.938. The molecule has 0 saturated carbocycles. The minimum Gasteiger partial charge on any atom is -0.292 e. The molecule has 3 nitrogen and oxygen atoms in total. The molecule has 0 aliphatic rings. The quantitative estimate of drug-likeness (QED) is 0.204. The summed E-state index contributed by atoms with van der Waals surface area (Å²) in [6, 6.07) is 47.5. The summed E-state index contributed by atoms with van der Waals surface area (Å²) < 4.78 is 3.62. The van der Waals surface area contributed by atoms with Crippen molar-refractivity contribution in [1.82, 2.24) is 14.5 Å². The molecule has 0 saturated heterocycles. The van der Waals surface area contributed by atoms with E-state index in [1.165, 1.54) is 48.1 Å². The van der Waals surface area contributed by atoms with Crippen molar-refractivity contribution in [3.63, 3.8) is 0 Å². The topological polar surface area (TPSA) is 30.7 Å². The van der Waals surface area contributed by atoms with Crippen LogP contribution >= 0.6 is 11.3 Å². The van der Waals surface area contributed by atoms with E-state index in [0.717, 1.165) is 32.9 Å². The van der Waals surface area contributed by atoms with Gasteiger partial charge in [-0.3, -0.25) is 4.57 Å². The number of hydrogen-bond donors (Lipinski definition) is 0. The molecule has 0 aliphatic carbocycles. The van der Waals surface area contributed by atoms with Gasteiger partial charge in [0.25, 0.3) is 0 Å². The van der Waals surface area contributed by atoms with E-state index in [-0.39, 0.29) is 0 Å². The number of imidazole rings is 1. The normalized spacial score (nSPS) is 11.8. The van der Waals surface area contributed by atoms with Gasteiger partial charge in [-0.25, -0.2) is 9.97 Å². The van der Waals surface area contributed by atoms with Crippen LogP contribution in [0.4, 0.5) is 0 Å². The number of nitrogens with zero attached hydrogens (tertiary/aromatic N) is 3. The fraction of sp³-hybridized carbons (Fsp3) is 0. The van der Waals surface area contributed by atoms with Gasteiger partial charge in [0.05, 0.1) is 11.0 Å². The van der Waals surface area contributed by atoms with Crippen LogP contribution in [0.2, 0.25) is 0 Å². The van der Waals surface area contributed by atoms with Crippen LogP contribution < -0.4 is 0 Å². The Balaban J connectivity index is 1.38. The van der Waals surface area contributed by atoms with E-state index in [1.54, 1.807) is 11.3 Å². The standard InChI is InChI=1S/C38H23N3S/c1-2-11-24(12-3-1)37-40-34-30-17-6-4-15-28(30)29-16-5-7-18-31(29)35(34)41(37)26-14-8-13-25(23-26)27-19-9-20-32-33-21-10-22-39-38(33)42-36(27)32/h1-23H. The fourth-order valence-corrected chi connectivity index (χ4v) is 7.59. The molecule has 9 aromatic rings. The Labute approximate surface area is 246 Å². The molecule has 0 amide bonds. The summed E-state index contributed by atoms with van der Waals surface area (Å²) in [6.07, 6.45) is 1.88. The van der Waals surface area contributed by atoms with E-state index in [2.05, 4.69) is 137 Å². The summed E-state index contributed by atoms with van der Waals surface area (Å²) in [5.74, 6) is 0.938. The average Bonchev–Trinajstić information content (AvgIpc) is 3.65. The van der Waals surface area contributed by atoms with Crippen LogP contribution in [0.5, 0.6) is 0 Å². The highest BCUT2D eigenvalue weighted by atomic mass is 32.1. The zero-order valence-corrected chi connectivity index (χ0v) is 23.3. The van der Waals surface area contributed by atoms with E-state index in [0.29, 0.717) is 0 Å². The first kappa shape index (κ1) is 23.4. The SMILES string of the molecule is c1ccc(-c2nc3c4ccccc4c4ccccc4c3n2-c2cccc(-c3cccc4c3sc3ncccc34)c2)cc1. The fourth-order valence-electron chi connectivity index (χ4n) is 6.41. The third-order valence-corrected chi connectivity index (χ3v) is 9.42. The third-order valence-electron chi connectivity index (χ3n) is 8.25. The lowest BCUT2D eigenvalue weighted by Crippen LogP contribution is -1.98. The van der Waals surface area contributed by atoms with Crippen molar-refractivity contribution in [3.05, 3.63) is 140 Å². The van der Waals surface area contributed by atoms with Crippen LogP contribution in [0.25, 0.3) is 81.1 Å². The molecule has 0 N–H and O–H groups in total. The zero-order valence-electron chi connectivity index (χ0n) is 22.5. The summed E-state index contributed by atoms with van der Waals surface area (Å²) in [5, 5.41) is 7.29. The van der Waals surface area contributed by atoms with Gasteiger partial charge in [-0.2, -0.15) is 0 Å². The Morgan fingerprint density at radius 1 is 0.524 bits per heavy atom. The van der Waals surface area contributed by atoms with Gasteiger partial charge in [0.15, 0.2) is 0 Å². The lowest BCUT2D eigenvalue weighted by molar-refractivity contribution is 1.11. The van der Waals surface area contributed by atoms with E-state index < -0.39 is 0 Å². The second-order valence-electron chi connectivity index (χ2n) is 10.6. The summed E-state index contributed by atoms with van der Waals surface area (Å²) in [7, 11) is 0. The largest absolute Gasteiger partial charge is 0.292 e. The van der Waals surface area contributed by atoms with Gasteiger partial charge in [0, 0.05) is 43.7 Å². The monoisotopic (exact) mass is 553 g/mol. The lowest BCUT2D eigenvalue weighted by Gasteiger charge is -2.14. The molecule has 0 aliphatic heterocycles. The highest BCUT2D eigenvalue weighted by molar-refractivity contribution is 7.26. The number of aromatic nitrogens is 3. The van der Waals surface area contributed by atoms with Gasteiger partial charge in [-0.1, -0.05) is 109 Å². The third kappa shape index (κ3) is 3.39. The highest BCUT2D eigenvalue weighted by Crippen LogP contribution is 2.42. The molecular weight excluding hydrogens is 531 g/mol. The summed E-state index contributed by atoms with van der Waals surface area (Å²) in [4.78, 5) is 11.1. The molecule has 4 heteroatoms. The first-order valence-electron chi connectivity index (χ1n) is 14.1. The molecule has 42 heavy (non-hydrogen) atoms. The van der Waals surface area contributed by atoms with Crippen molar-refractivity contribution in [2.24, 2.45) is 0 Å². The molecule has 196 valence electrons. The van der Waals surface area contributed by atoms with Crippen molar-refractivity contribution in [2.45, 2.75) is 0 Å². The minimum atomic E-state index is 0.938. The summed E-state index contributed by atoms with van der Waals surface area (Å²) in [5.41, 5.74) is 6.72. The van der Waals surface area contributed by atoms with Crippen molar-refractivity contribution >= 4 is 64.2 Å². The Morgan fingerprint density at radius 3 is 2.05 bits per heavy atom. The van der Waals surface area contributed by atoms with Gasteiger partial charge >= 0.3 is 0 Å². The second-order valence-corrected chi connectivity index (χ2v) is 11.6. The van der Waals surface area contributed by atoms with Crippen LogP contribution in [0, 0.1) is 0 Å². The first-order chi connectivity index (χ1) is 20.8. The van der Waals surface area contributed by atoms with Crippen molar-refractivity contribution in [3.8, 4) is 28.2 Å². The van der Waals surface area contributed by atoms with Gasteiger partial charge in [-0.05, 0) is 46.2 Å². The summed E-state index contributed by atoms with van der Waals surface area (Å²) in [6.45, 7) is 0. The van der Waals surface area contributed by atoms with Crippen LogP contribution in [-0.4, -0.2) is 14.5 Å². The molecule has 0 atom stereocenters. The van der Waals surface area contributed by atoms with Crippen LogP contribution in [0.15, 0.2) is 140 Å². The highest BCUT2D eigenvalue weighted by Gasteiger charge is 2.20. The molecule has 6 aromatic carbocycles. The maximum absolute atomic E-state index is 5.38. The Hall–Kier alpha value is -5.32. The summed E-state index contributed by atoms with van der Waals surface area (Å²) >= 11 is 1.76. The molecule has 3 heterocycles. The second kappa shape index (κ2) is 9.10. The van der Waals surface area contributed by atoms with E-state index >= 15 is 0 Å². The molecule has 3 aromatic heterocycles. The Kier molecular flexibility index (Phi) is 5.07. The van der Waals surface area contributed by atoms with E-state index in [4.69, 9.17) is 4.98 Å². The molecule has 0 bridgehead atoms. The predicted molar refractivity (Wildman–Crippen MR) is 178 cm³/mol. The number of fused-ring (bicyclic) bond motifs is 9. The zero-order chi connectivity index (χ0) is 27.6. The van der Waals surface area contributed by atoms with Crippen molar-refractivity contribution in [1.29, 1.82) is 0 Å². The van der Waals surface area contributed by atoms with Gasteiger partial charge in [-0.15, -0.1) is 11.3 Å². The first-order valence-corrected chi connectivity index (χ1v) is 14.9. The van der Waals surface area contributed by atoms with Crippen LogP contribution in [0.1, 0.15) is 0 Å². The lowest BCUT2D eigenvalue weighted by atomic mass is 9.99.